The van der Waals surface area contributed by atoms with Gasteiger partial charge in [-0.3, -0.25) is 4.79 Å². The van der Waals surface area contributed by atoms with Gasteiger partial charge in [0.1, 0.15) is 23.6 Å². The highest BCUT2D eigenvalue weighted by atomic mass is 16.3. The van der Waals surface area contributed by atoms with Crippen LogP contribution in [-0.2, 0) is 0 Å². The zero-order chi connectivity index (χ0) is 12.5. The molecule has 0 aliphatic carbocycles. The van der Waals surface area contributed by atoms with Crippen LogP contribution in [0.5, 0.6) is 0 Å². The lowest BCUT2D eigenvalue weighted by Gasteiger charge is -1.98. The second kappa shape index (κ2) is 3.86. The molecule has 18 heavy (non-hydrogen) atoms. The summed E-state index contributed by atoms with van der Waals surface area (Å²) in [5.74, 6) is 0. The predicted octanol–water partition coefficient (Wildman–Crippen LogP) is 2.05. The number of furan rings is 1. The maximum atomic E-state index is 11.1. The predicted molar refractivity (Wildman–Crippen MR) is 64.8 cm³/mol. The van der Waals surface area contributed by atoms with Crippen molar-refractivity contribution in [2.75, 3.05) is 0 Å². The van der Waals surface area contributed by atoms with Crippen molar-refractivity contribution in [3.63, 3.8) is 0 Å². The van der Waals surface area contributed by atoms with Crippen molar-refractivity contribution in [3.8, 4) is 17.3 Å². The van der Waals surface area contributed by atoms with E-state index in [9.17, 15) is 4.79 Å². The van der Waals surface area contributed by atoms with Crippen molar-refractivity contribution in [2.45, 2.75) is 0 Å². The molecule has 0 aliphatic heterocycles. The number of hydrogen-bond acceptors (Lipinski definition) is 4. The van der Waals surface area contributed by atoms with Crippen LogP contribution in [0.2, 0.25) is 0 Å². The molecule has 2 aromatic heterocycles. The summed E-state index contributed by atoms with van der Waals surface area (Å²) in [6.07, 6.45) is 1.53. The fraction of sp³-hybridized carbons (Fsp3) is 0. The third kappa shape index (κ3) is 1.48. The number of nitrogens with zero attached hydrogens (tertiary/aromatic N) is 2. The van der Waals surface area contributed by atoms with Crippen molar-refractivity contribution in [1.82, 2.24) is 10.2 Å². The number of aromatic nitrogens is 2. The van der Waals surface area contributed by atoms with Crippen molar-refractivity contribution in [2.24, 2.45) is 0 Å². The monoisotopic (exact) mass is 237 g/mol. The highest BCUT2D eigenvalue weighted by Gasteiger charge is 2.13. The molecule has 0 unspecified atom stereocenters. The van der Waals surface area contributed by atoms with Crippen LogP contribution in [0.25, 0.3) is 22.2 Å². The van der Waals surface area contributed by atoms with Gasteiger partial charge in [-0.15, -0.1) is 0 Å². The zero-order valence-corrected chi connectivity index (χ0v) is 9.18. The van der Waals surface area contributed by atoms with E-state index in [1.54, 1.807) is 0 Å². The number of benzene rings is 1. The minimum atomic E-state index is -0.400. The average Bonchev–Trinajstić information content (AvgIpc) is 2.82. The van der Waals surface area contributed by atoms with Crippen LogP contribution in [-0.4, -0.2) is 10.2 Å². The van der Waals surface area contributed by atoms with Gasteiger partial charge in [0.2, 0.25) is 0 Å². The Morgan fingerprint density at radius 3 is 3.00 bits per heavy atom. The molecule has 3 aromatic rings. The number of rotatable bonds is 1. The lowest BCUT2D eigenvalue weighted by molar-refractivity contribution is 0.616. The highest BCUT2D eigenvalue weighted by molar-refractivity contribution is 5.93. The van der Waals surface area contributed by atoms with Gasteiger partial charge in [-0.2, -0.15) is 10.4 Å². The molecule has 0 aliphatic rings. The van der Waals surface area contributed by atoms with Gasteiger partial charge in [-0.25, -0.2) is 5.10 Å². The number of hydrogen-bond donors (Lipinski definition) is 1. The molecular formula is C13H7N3O2. The van der Waals surface area contributed by atoms with Crippen molar-refractivity contribution >= 4 is 11.0 Å². The number of nitriles is 1. The van der Waals surface area contributed by atoms with E-state index in [-0.39, 0.29) is 5.56 Å². The Labute approximate surface area is 101 Å². The third-order valence-electron chi connectivity index (χ3n) is 2.66. The van der Waals surface area contributed by atoms with E-state index in [2.05, 4.69) is 10.2 Å². The molecule has 0 fully saturated rings. The second-order valence-corrected chi connectivity index (χ2v) is 3.75. The van der Waals surface area contributed by atoms with E-state index in [0.717, 1.165) is 5.39 Å². The number of fused-ring (bicyclic) bond motifs is 1. The molecule has 0 amide bonds. The molecule has 1 aromatic carbocycles. The van der Waals surface area contributed by atoms with E-state index in [1.165, 1.54) is 12.3 Å². The van der Waals surface area contributed by atoms with Gasteiger partial charge in [-0.1, -0.05) is 18.2 Å². The first-order chi connectivity index (χ1) is 8.79. The van der Waals surface area contributed by atoms with Crippen molar-refractivity contribution in [1.29, 1.82) is 5.26 Å². The molecule has 1 N–H and O–H groups in total. The van der Waals surface area contributed by atoms with Gasteiger partial charge >= 0.3 is 0 Å². The molecule has 0 saturated heterocycles. The van der Waals surface area contributed by atoms with Crippen LogP contribution in [0.3, 0.4) is 0 Å². The number of nitrogens with one attached hydrogen (secondary N) is 1. The largest absolute Gasteiger partial charge is 0.464 e. The van der Waals surface area contributed by atoms with E-state index < -0.39 is 5.56 Å². The fourth-order valence-corrected chi connectivity index (χ4v) is 1.85. The number of aromatic amines is 1. The summed E-state index contributed by atoms with van der Waals surface area (Å²) in [5, 5.41) is 16.1. The first kappa shape index (κ1) is 10.3. The molecular weight excluding hydrogens is 230 g/mol. The quantitative estimate of drug-likeness (QED) is 0.702. The molecule has 0 saturated carbocycles. The van der Waals surface area contributed by atoms with Crippen molar-refractivity contribution < 1.29 is 4.42 Å². The van der Waals surface area contributed by atoms with E-state index in [1.807, 2.05) is 30.3 Å². The van der Waals surface area contributed by atoms with Crippen LogP contribution in [0.4, 0.5) is 0 Å². The van der Waals surface area contributed by atoms with E-state index in [0.29, 0.717) is 16.8 Å². The van der Waals surface area contributed by atoms with Crippen LogP contribution >= 0.6 is 0 Å². The summed E-state index contributed by atoms with van der Waals surface area (Å²) in [6.45, 7) is 0. The normalized spacial score (nSPS) is 10.4. The van der Waals surface area contributed by atoms with E-state index >= 15 is 0 Å². The third-order valence-corrected chi connectivity index (χ3v) is 2.66. The summed E-state index contributed by atoms with van der Waals surface area (Å²) < 4.78 is 5.39. The van der Waals surface area contributed by atoms with Gasteiger partial charge in [0, 0.05) is 17.0 Å². The molecule has 3 rings (SSSR count). The first-order valence-electron chi connectivity index (χ1n) is 5.26. The van der Waals surface area contributed by atoms with E-state index in [4.69, 9.17) is 9.68 Å². The molecule has 5 heteroatoms. The maximum Gasteiger partial charge on any atom is 0.265 e. The van der Waals surface area contributed by atoms with Crippen LogP contribution in [0.15, 0.2) is 45.8 Å². The molecule has 0 radical (unpaired) electrons. The fourth-order valence-electron chi connectivity index (χ4n) is 1.85. The summed E-state index contributed by atoms with van der Waals surface area (Å²) in [4.78, 5) is 11.1. The van der Waals surface area contributed by atoms with Gasteiger partial charge in [0.25, 0.3) is 5.56 Å². The smallest absolute Gasteiger partial charge is 0.265 e. The summed E-state index contributed by atoms with van der Waals surface area (Å²) in [6, 6.07) is 10.6. The van der Waals surface area contributed by atoms with Gasteiger partial charge in [0.15, 0.2) is 0 Å². The summed E-state index contributed by atoms with van der Waals surface area (Å²) in [5.41, 5.74) is 1.65. The standard InChI is InChI=1S/C13H7N3O2/c14-6-8-5-12(17)15-16-13(8)10-7-18-11-4-2-1-3-9(10)11/h1-5,7H,(H,15,17). The molecule has 2 heterocycles. The molecule has 0 spiro atoms. The van der Waals surface area contributed by atoms with Crippen LogP contribution in [0, 0.1) is 11.3 Å². The lowest BCUT2D eigenvalue weighted by Crippen LogP contribution is -2.08. The lowest BCUT2D eigenvalue weighted by atomic mass is 10.1. The number of H-pyrrole nitrogens is 1. The Balaban J connectivity index is 2.34. The Kier molecular flexibility index (Phi) is 2.21. The van der Waals surface area contributed by atoms with Gasteiger partial charge in [-0.05, 0) is 6.07 Å². The SMILES string of the molecule is N#Cc1cc(=O)[nH]nc1-c1coc2ccccc12. The molecule has 5 nitrogen and oxygen atoms in total. The molecule has 86 valence electrons. The second-order valence-electron chi connectivity index (χ2n) is 3.75. The van der Waals surface area contributed by atoms with Gasteiger partial charge < -0.3 is 4.42 Å². The minimum absolute atomic E-state index is 0.227. The Morgan fingerprint density at radius 2 is 2.17 bits per heavy atom. The Morgan fingerprint density at radius 1 is 1.33 bits per heavy atom. The Hall–Kier alpha value is -2.87. The number of para-hydroxylation sites is 1. The zero-order valence-electron chi connectivity index (χ0n) is 9.18. The maximum absolute atomic E-state index is 11.1. The Bertz CT molecular complexity index is 824. The minimum Gasteiger partial charge on any atom is -0.464 e. The molecule has 0 atom stereocenters. The average molecular weight is 237 g/mol. The highest BCUT2D eigenvalue weighted by Crippen LogP contribution is 2.30. The topological polar surface area (TPSA) is 82.7 Å². The van der Waals surface area contributed by atoms with Crippen molar-refractivity contribution in [3.05, 3.63) is 52.5 Å². The van der Waals surface area contributed by atoms with Crippen LogP contribution in [0.1, 0.15) is 5.56 Å². The van der Waals surface area contributed by atoms with Gasteiger partial charge in [0.05, 0.1) is 5.56 Å². The van der Waals surface area contributed by atoms with Crippen LogP contribution < -0.4 is 5.56 Å². The summed E-state index contributed by atoms with van der Waals surface area (Å²) in [7, 11) is 0. The summed E-state index contributed by atoms with van der Waals surface area (Å²) >= 11 is 0. The first-order valence-corrected chi connectivity index (χ1v) is 5.26. The molecule has 0 bridgehead atoms.